The number of ether oxygens (including phenoxy) is 1. The second-order valence-corrected chi connectivity index (χ2v) is 5.40. The van der Waals surface area contributed by atoms with Gasteiger partial charge in [-0.15, -0.1) is 0 Å². The van der Waals surface area contributed by atoms with E-state index < -0.39 is 0 Å². The molecule has 1 aromatic carbocycles. The van der Waals surface area contributed by atoms with Crippen LogP contribution in [0.25, 0.3) is 0 Å². The van der Waals surface area contributed by atoms with Crippen LogP contribution < -0.4 is 5.32 Å². The Bertz CT molecular complexity index is 399. The molecule has 1 N–H and O–H groups in total. The molecular formula is C15H20ClNO2. The summed E-state index contributed by atoms with van der Waals surface area (Å²) in [4.78, 5) is 11.8. The average Bonchev–Trinajstić information content (AvgIpc) is 2.45. The van der Waals surface area contributed by atoms with E-state index in [4.69, 9.17) is 16.3 Å². The second kappa shape index (κ2) is 7.51. The molecular weight excluding hydrogens is 262 g/mol. The number of nitrogens with one attached hydrogen (secondary N) is 1. The van der Waals surface area contributed by atoms with E-state index in [0.717, 1.165) is 44.9 Å². The highest BCUT2D eigenvalue weighted by Gasteiger charge is 2.13. The zero-order chi connectivity index (χ0) is 13.5. The monoisotopic (exact) mass is 281 g/mol. The summed E-state index contributed by atoms with van der Waals surface area (Å²) in [6.07, 6.45) is 4.52. The van der Waals surface area contributed by atoms with Crippen LogP contribution in [0.5, 0.6) is 0 Å². The summed E-state index contributed by atoms with van der Waals surface area (Å²) in [6, 6.07) is 6.96. The Balaban J connectivity index is 1.64. The Kier molecular flexibility index (Phi) is 5.67. The minimum Gasteiger partial charge on any atom is -0.381 e. The Morgan fingerprint density at radius 3 is 2.63 bits per heavy atom. The van der Waals surface area contributed by atoms with Crippen molar-refractivity contribution in [3.63, 3.8) is 0 Å². The van der Waals surface area contributed by atoms with Crippen molar-refractivity contribution in [2.45, 2.75) is 25.7 Å². The summed E-state index contributed by atoms with van der Waals surface area (Å²) >= 11 is 5.79. The van der Waals surface area contributed by atoms with E-state index in [1.165, 1.54) is 6.42 Å². The van der Waals surface area contributed by atoms with Gasteiger partial charge < -0.3 is 10.1 Å². The van der Waals surface area contributed by atoms with Crippen LogP contribution in [0.1, 0.15) is 36.0 Å². The molecule has 1 amide bonds. The molecule has 1 fully saturated rings. The smallest absolute Gasteiger partial charge is 0.251 e. The Morgan fingerprint density at radius 2 is 1.95 bits per heavy atom. The van der Waals surface area contributed by atoms with E-state index in [-0.39, 0.29) is 5.91 Å². The van der Waals surface area contributed by atoms with Gasteiger partial charge >= 0.3 is 0 Å². The fraction of sp³-hybridized carbons (Fsp3) is 0.533. The molecule has 104 valence electrons. The molecule has 0 unspecified atom stereocenters. The van der Waals surface area contributed by atoms with Gasteiger partial charge in [0, 0.05) is 30.3 Å². The highest BCUT2D eigenvalue weighted by Crippen LogP contribution is 2.19. The molecule has 0 spiro atoms. The van der Waals surface area contributed by atoms with E-state index in [1.54, 1.807) is 24.3 Å². The summed E-state index contributed by atoms with van der Waals surface area (Å²) in [5.74, 6) is 0.741. The molecule has 1 aliphatic heterocycles. The molecule has 0 radical (unpaired) electrons. The van der Waals surface area contributed by atoms with Crippen LogP contribution in [-0.4, -0.2) is 25.7 Å². The maximum Gasteiger partial charge on any atom is 0.251 e. The van der Waals surface area contributed by atoms with E-state index in [2.05, 4.69) is 5.32 Å². The molecule has 1 aromatic rings. The highest BCUT2D eigenvalue weighted by atomic mass is 35.5. The van der Waals surface area contributed by atoms with Gasteiger partial charge in [0.15, 0.2) is 0 Å². The molecule has 1 heterocycles. The van der Waals surface area contributed by atoms with Gasteiger partial charge in [-0.25, -0.2) is 0 Å². The molecule has 19 heavy (non-hydrogen) atoms. The summed E-state index contributed by atoms with van der Waals surface area (Å²) in [7, 11) is 0. The van der Waals surface area contributed by atoms with E-state index in [0.29, 0.717) is 10.6 Å². The minimum absolute atomic E-state index is 0.0244. The topological polar surface area (TPSA) is 38.3 Å². The number of hydrogen-bond acceptors (Lipinski definition) is 2. The van der Waals surface area contributed by atoms with Gasteiger partial charge in [0.2, 0.25) is 0 Å². The molecule has 3 nitrogen and oxygen atoms in total. The number of rotatable bonds is 5. The molecule has 1 saturated heterocycles. The number of carbonyl (C=O) groups is 1. The van der Waals surface area contributed by atoms with Gasteiger partial charge in [-0.1, -0.05) is 11.6 Å². The van der Waals surface area contributed by atoms with Crippen LogP contribution in [0.2, 0.25) is 5.02 Å². The van der Waals surface area contributed by atoms with Crippen LogP contribution in [0, 0.1) is 5.92 Å². The van der Waals surface area contributed by atoms with E-state index in [9.17, 15) is 4.79 Å². The zero-order valence-electron chi connectivity index (χ0n) is 11.0. The van der Waals surface area contributed by atoms with Crippen molar-refractivity contribution in [3.05, 3.63) is 34.9 Å². The third kappa shape index (κ3) is 4.84. The predicted octanol–water partition coefficient (Wildman–Crippen LogP) is 3.28. The Morgan fingerprint density at radius 1 is 1.26 bits per heavy atom. The van der Waals surface area contributed by atoms with Crippen LogP contribution in [0.15, 0.2) is 24.3 Å². The Hall–Kier alpha value is -1.06. The van der Waals surface area contributed by atoms with Crippen LogP contribution in [-0.2, 0) is 4.74 Å². The number of hydrogen-bond donors (Lipinski definition) is 1. The second-order valence-electron chi connectivity index (χ2n) is 4.96. The molecule has 0 aliphatic carbocycles. The first-order valence-electron chi connectivity index (χ1n) is 6.87. The van der Waals surface area contributed by atoms with Gasteiger partial charge in [0.25, 0.3) is 5.91 Å². The number of benzene rings is 1. The number of halogens is 1. The first kappa shape index (κ1) is 14.4. The molecule has 1 aliphatic rings. The minimum atomic E-state index is -0.0244. The third-order valence-electron chi connectivity index (χ3n) is 3.52. The van der Waals surface area contributed by atoms with Gasteiger partial charge in [0.1, 0.15) is 0 Å². The van der Waals surface area contributed by atoms with Crippen LogP contribution >= 0.6 is 11.6 Å². The van der Waals surface area contributed by atoms with Crippen molar-refractivity contribution in [3.8, 4) is 0 Å². The molecule has 4 heteroatoms. The van der Waals surface area contributed by atoms with Crippen molar-refractivity contribution in [1.29, 1.82) is 0 Å². The average molecular weight is 282 g/mol. The van der Waals surface area contributed by atoms with E-state index in [1.807, 2.05) is 0 Å². The van der Waals surface area contributed by atoms with Crippen molar-refractivity contribution < 1.29 is 9.53 Å². The molecule has 0 atom stereocenters. The summed E-state index contributed by atoms with van der Waals surface area (Å²) in [6.45, 7) is 2.52. The number of carbonyl (C=O) groups excluding carboxylic acids is 1. The van der Waals surface area contributed by atoms with Gasteiger partial charge in [-0.3, -0.25) is 4.79 Å². The molecule has 2 rings (SSSR count). The van der Waals surface area contributed by atoms with Gasteiger partial charge in [0.05, 0.1) is 0 Å². The lowest BCUT2D eigenvalue weighted by Gasteiger charge is -2.21. The van der Waals surface area contributed by atoms with Crippen molar-refractivity contribution in [1.82, 2.24) is 5.32 Å². The summed E-state index contributed by atoms with van der Waals surface area (Å²) < 4.78 is 5.33. The molecule has 0 bridgehead atoms. The van der Waals surface area contributed by atoms with Crippen LogP contribution in [0.4, 0.5) is 0 Å². The lowest BCUT2D eigenvalue weighted by atomic mass is 9.95. The lowest BCUT2D eigenvalue weighted by Crippen LogP contribution is -2.25. The lowest BCUT2D eigenvalue weighted by molar-refractivity contribution is 0.0631. The van der Waals surface area contributed by atoms with Crippen molar-refractivity contribution in [2.75, 3.05) is 19.8 Å². The van der Waals surface area contributed by atoms with Gasteiger partial charge in [-0.05, 0) is 55.9 Å². The first-order valence-corrected chi connectivity index (χ1v) is 7.25. The fourth-order valence-corrected chi connectivity index (χ4v) is 2.46. The standard InChI is InChI=1S/C15H20ClNO2/c16-14-5-3-13(4-6-14)15(18)17-9-1-2-12-7-10-19-11-8-12/h3-6,12H,1-2,7-11H2,(H,17,18). The zero-order valence-corrected chi connectivity index (χ0v) is 11.8. The van der Waals surface area contributed by atoms with E-state index >= 15 is 0 Å². The van der Waals surface area contributed by atoms with Crippen molar-refractivity contribution >= 4 is 17.5 Å². The highest BCUT2D eigenvalue weighted by molar-refractivity contribution is 6.30. The van der Waals surface area contributed by atoms with Crippen LogP contribution in [0.3, 0.4) is 0 Å². The maximum absolute atomic E-state index is 11.8. The largest absolute Gasteiger partial charge is 0.381 e. The third-order valence-corrected chi connectivity index (χ3v) is 3.77. The fourth-order valence-electron chi connectivity index (χ4n) is 2.33. The SMILES string of the molecule is O=C(NCCCC1CCOCC1)c1ccc(Cl)cc1. The van der Waals surface area contributed by atoms with Gasteiger partial charge in [-0.2, -0.15) is 0 Å². The molecule has 0 saturated carbocycles. The number of amides is 1. The molecule has 0 aromatic heterocycles. The summed E-state index contributed by atoms with van der Waals surface area (Å²) in [5.41, 5.74) is 0.662. The normalized spacial score (nSPS) is 16.3. The van der Waals surface area contributed by atoms with Crippen molar-refractivity contribution in [2.24, 2.45) is 5.92 Å². The maximum atomic E-state index is 11.8. The summed E-state index contributed by atoms with van der Waals surface area (Å²) in [5, 5.41) is 3.59. The quantitative estimate of drug-likeness (QED) is 0.841. The predicted molar refractivity (Wildman–Crippen MR) is 76.6 cm³/mol. The Labute approximate surface area is 119 Å². The first-order chi connectivity index (χ1) is 9.25.